The van der Waals surface area contributed by atoms with Crippen molar-refractivity contribution in [2.24, 2.45) is 0 Å². The zero-order valence-corrected chi connectivity index (χ0v) is 16.8. The standard InChI is InChI=1S/C22H27NO6/c1-15-13-18(24)20(26)21(29-15)22(8-11-28-12-9-22)14-19(25)23-10-7-16-3-5-17(27-2)6-4-16/h3-6,13,26H,7-12,14H2,1-2H3,(H,23,25). The van der Waals surface area contributed by atoms with Gasteiger partial charge in [-0.25, -0.2) is 0 Å². The molecule has 3 rings (SSSR count). The fourth-order valence-electron chi connectivity index (χ4n) is 3.72. The molecule has 7 heteroatoms. The maximum Gasteiger partial charge on any atom is 0.227 e. The minimum atomic E-state index is -0.752. The van der Waals surface area contributed by atoms with E-state index in [4.69, 9.17) is 13.9 Å². The number of hydrogen-bond acceptors (Lipinski definition) is 6. The number of hydrogen-bond donors (Lipinski definition) is 2. The van der Waals surface area contributed by atoms with E-state index in [9.17, 15) is 14.7 Å². The number of aromatic hydroxyl groups is 1. The topological polar surface area (TPSA) is 98.0 Å². The van der Waals surface area contributed by atoms with Gasteiger partial charge in [-0.05, 0) is 43.9 Å². The van der Waals surface area contributed by atoms with Crippen LogP contribution >= 0.6 is 0 Å². The summed E-state index contributed by atoms with van der Waals surface area (Å²) in [5.74, 6) is 0.830. The van der Waals surface area contributed by atoms with E-state index in [1.54, 1.807) is 14.0 Å². The van der Waals surface area contributed by atoms with E-state index in [0.717, 1.165) is 11.3 Å². The number of carbonyl (C=O) groups is 1. The van der Waals surface area contributed by atoms with Gasteiger partial charge in [-0.1, -0.05) is 12.1 Å². The van der Waals surface area contributed by atoms with Crippen LogP contribution in [-0.2, 0) is 21.4 Å². The highest BCUT2D eigenvalue weighted by molar-refractivity contribution is 5.77. The van der Waals surface area contributed by atoms with E-state index in [-0.39, 0.29) is 18.1 Å². The summed E-state index contributed by atoms with van der Waals surface area (Å²) >= 11 is 0. The predicted molar refractivity (Wildman–Crippen MR) is 107 cm³/mol. The Balaban J connectivity index is 1.68. The van der Waals surface area contributed by atoms with Gasteiger partial charge >= 0.3 is 0 Å². The maximum absolute atomic E-state index is 12.7. The first kappa shape index (κ1) is 20.9. The highest BCUT2D eigenvalue weighted by Crippen LogP contribution is 2.41. The average molecular weight is 401 g/mol. The molecule has 1 aromatic heterocycles. The number of ether oxygens (including phenoxy) is 2. The van der Waals surface area contributed by atoms with Crippen LogP contribution in [0.2, 0.25) is 0 Å². The van der Waals surface area contributed by atoms with Crippen LogP contribution in [0, 0.1) is 6.92 Å². The van der Waals surface area contributed by atoms with E-state index >= 15 is 0 Å². The molecule has 0 bridgehead atoms. The molecule has 0 aliphatic carbocycles. The molecule has 1 aliphatic heterocycles. The van der Waals surface area contributed by atoms with E-state index in [0.29, 0.717) is 44.8 Å². The Bertz CT molecular complexity index is 897. The van der Waals surface area contributed by atoms with Crippen LogP contribution in [-0.4, -0.2) is 37.9 Å². The van der Waals surface area contributed by atoms with Crippen molar-refractivity contribution in [3.05, 3.63) is 57.6 Å². The van der Waals surface area contributed by atoms with Crippen molar-refractivity contribution in [2.75, 3.05) is 26.9 Å². The van der Waals surface area contributed by atoms with Gasteiger partial charge in [0, 0.05) is 37.7 Å². The van der Waals surface area contributed by atoms with Crippen LogP contribution in [0.15, 0.2) is 39.5 Å². The molecule has 1 aromatic carbocycles. The molecular formula is C22H27NO6. The SMILES string of the molecule is COc1ccc(CCNC(=O)CC2(c3oc(C)cc(=O)c3O)CCOCC2)cc1. The molecule has 0 atom stereocenters. The quantitative estimate of drug-likeness (QED) is 0.740. The summed E-state index contributed by atoms with van der Waals surface area (Å²) in [4.78, 5) is 24.7. The van der Waals surface area contributed by atoms with E-state index < -0.39 is 16.6 Å². The van der Waals surface area contributed by atoms with Gasteiger partial charge in [0.1, 0.15) is 11.5 Å². The monoisotopic (exact) mass is 401 g/mol. The highest BCUT2D eigenvalue weighted by atomic mass is 16.5. The van der Waals surface area contributed by atoms with Gasteiger partial charge in [-0.2, -0.15) is 0 Å². The molecule has 2 N–H and O–H groups in total. The number of nitrogens with one attached hydrogen (secondary N) is 1. The molecule has 2 heterocycles. The molecule has 1 amide bonds. The lowest BCUT2D eigenvalue weighted by atomic mass is 9.74. The second-order valence-corrected chi connectivity index (χ2v) is 7.42. The Labute approximate surface area is 169 Å². The molecule has 7 nitrogen and oxygen atoms in total. The lowest BCUT2D eigenvalue weighted by Gasteiger charge is -2.35. The van der Waals surface area contributed by atoms with Gasteiger partial charge in [0.15, 0.2) is 5.76 Å². The Kier molecular flexibility index (Phi) is 6.59. The van der Waals surface area contributed by atoms with Crippen molar-refractivity contribution >= 4 is 5.91 Å². The first-order valence-corrected chi connectivity index (χ1v) is 9.75. The van der Waals surface area contributed by atoms with Gasteiger partial charge in [-0.15, -0.1) is 0 Å². The molecular weight excluding hydrogens is 374 g/mol. The van der Waals surface area contributed by atoms with Crippen molar-refractivity contribution in [3.8, 4) is 11.5 Å². The first-order valence-electron chi connectivity index (χ1n) is 9.75. The molecule has 156 valence electrons. The molecule has 1 saturated heterocycles. The van der Waals surface area contributed by atoms with Gasteiger partial charge in [0.05, 0.1) is 7.11 Å². The Morgan fingerprint density at radius 1 is 1.24 bits per heavy atom. The fourth-order valence-corrected chi connectivity index (χ4v) is 3.72. The Morgan fingerprint density at radius 2 is 1.93 bits per heavy atom. The van der Waals surface area contributed by atoms with Crippen LogP contribution in [0.1, 0.15) is 36.3 Å². The second kappa shape index (κ2) is 9.13. The molecule has 1 aliphatic rings. The minimum Gasteiger partial charge on any atom is -0.502 e. The zero-order chi connectivity index (χ0) is 20.9. The molecule has 1 fully saturated rings. The lowest BCUT2D eigenvalue weighted by Crippen LogP contribution is -2.40. The summed E-state index contributed by atoms with van der Waals surface area (Å²) in [7, 11) is 1.62. The summed E-state index contributed by atoms with van der Waals surface area (Å²) in [5, 5.41) is 13.3. The van der Waals surface area contributed by atoms with Gasteiger partial charge in [0.2, 0.25) is 17.1 Å². The molecule has 0 unspecified atom stereocenters. The number of amides is 1. The zero-order valence-electron chi connectivity index (χ0n) is 16.8. The second-order valence-electron chi connectivity index (χ2n) is 7.42. The van der Waals surface area contributed by atoms with E-state index in [1.807, 2.05) is 24.3 Å². The van der Waals surface area contributed by atoms with Crippen LogP contribution in [0.25, 0.3) is 0 Å². The lowest BCUT2D eigenvalue weighted by molar-refractivity contribution is -0.123. The van der Waals surface area contributed by atoms with Crippen molar-refractivity contribution < 1.29 is 23.8 Å². The summed E-state index contributed by atoms with van der Waals surface area (Å²) in [5.41, 5.74) is -0.152. The number of carbonyl (C=O) groups excluding carboxylic acids is 1. The predicted octanol–water partition coefficient (Wildman–Crippen LogP) is 2.46. The first-order chi connectivity index (χ1) is 13.9. The van der Waals surface area contributed by atoms with Crippen LogP contribution < -0.4 is 15.5 Å². The number of benzene rings is 1. The summed E-state index contributed by atoms with van der Waals surface area (Å²) in [6.45, 7) is 3.03. The normalized spacial score (nSPS) is 15.7. The van der Waals surface area contributed by atoms with Crippen molar-refractivity contribution in [3.63, 3.8) is 0 Å². The van der Waals surface area contributed by atoms with Crippen molar-refractivity contribution in [1.29, 1.82) is 0 Å². The summed E-state index contributed by atoms with van der Waals surface area (Å²) < 4.78 is 16.3. The van der Waals surface area contributed by atoms with Gasteiger partial charge in [0.25, 0.3) is 0 Å². The molecule has 29 heavy (non-hydrogen) atoms. The Hall–Kier alpha value is -2.80. The van der Waals surface area contributed by atoms with E-state index in [2.05, 4.69) is 5.32 Å². The van der Waals surface area contributed by atoms with Gasteiger partial charge in [-0.3, -0.25) is 9.59 Å². The fraction of sp³-hybridized carbons (Fsp3) is 0.455. The van der Waals surface area contributed by atoms with Crippen LogP contribution in [0.4, 0.5) is 0 Å². The van der Waals surface area contributed by atoms with Crippen molar-refractivity contribution in [1.82, 2.24) is 5.32 Å². The maximum atomic E-state index is 12.7. The number of aryl methyl sites for hydroxylation is 1. The number of rotatable bonds is 7. The largest absolute Gasteiger partial charge is 0.502 e. The molecule has 0 radical (unpaired) electrons. The summed E-state index contributed by atoms with van der Waals surface area (Å²) in [6.07, 6.45) is 1.81. The minimum absolute atomic E-state index is 0.124. The van der Waals surface area contributed by atoms with Crippen molar-refractivity contribution in [2.45, 2.75) is 38.0 Å². The third-order valence-corrected chi connectivity index (χ3v) is 5.37. The van der Waals surface area contributed by atoms with Crippen LogP contribution in [0.3, 0.4) is 0 Å². The van der Waals surface area contributed by atoms with Gasteiger partial charge < -0.3 is 24.3 Å². The van der Waals surface area contributed by atoms with Crippen LogP contribution in [0.5, 0.6) is 11.5 Å². The molecule has 0 saturated carbocycles. The smallest absolute Gasteiger partial charge is 0.227 e. The summed E-state index contributed by atoms with van der Waals surface area (Å²) in [6, 6.07) is 8.95. The average Bonchev–Trinajstić information content (AvgIpc) is 2.72. The molecule has 2 aromatic rings. The van der Waals surface area contributed by atoms with E-state index in [1.165, 1.54) is 6.07 Å². The highest BCUT2D eigenvalue weighted by Gasteiger charge is 2.41. The third-order valence-electron chi connectivity index (χ3n) is 5.37. The number of methoxy groups -OCH3 is 1. The Morgan fingerprint density at radius 3 is 2.59 bits per heavy atom. The third kappa shape index (κ3) is 4.98. The molecule has 0 spiro atoms.